The molecule has 1 aromatic rings. The lowest BCUT2D eigenvalue weighted by Crippen LogP contribution is -2.48. The van der Waals surface area contributed by atoms with Gasteiger partial charge in [-0.25, -0.2) is 0 Å². The molecule has 3 atom stereocenters. The molecule has 1 aliphatic rings. The zero-order valence-corrected chi connectivity index (χ0v) is 26.7. The van der Waals surface area contributed by atoms with Crippen LogP contribution < -0.4 is 4.74 Å². The van der Waals surface area contributed by atoms with Crippen LogP contribution in [0.2, 0.25) is 16.6 Å². The Balaban J connectivity index is 1.80. The molecule has 204 valence electrons. The van der Waals surface area contributed by atoms with Crippen molar-refractivity contribution in [2.75, 3.05) is 20.3 Å². The molecule has 1 fully saturated rings. The van der Waals surface area contributed by atoms with Gasteiger partial charge in [-0.2, -0.15) is 0 Å². The van der Waals surface area contributed by atoms with E-state index in [1.807, 2.05) is 24.3 Å². The van der Waals surface area contributed by atoms with Crippen molar-refractivity contribution < 1.29 is 19.0 Å². The Hall–Kier alpha value is -0.673. The number of aliphatic hydroxyl groups is 1. The number of halogens is 1. The predicted molar refractivity (Wildman–Crippen MR) is 162 cm³/mol. The number of aliphatic hydroxyl groups excluding tert-OH is 1. The lowest BCUT2D eigenvalue weighted by atomic mass is 9.89. The Kier molecular flexibility index (Phi) is 13.7. The Bertz CT molecular complexity index is 797. The highest BCUT2D eigenvalue weighted by atomic mass is 127. The third kappa shape index (κ3) is 8.97. The lowest BCUT2D eigenvalue weighted by Gasteiger charge is -2.42. The molecular formula is C30H49IO4Si. The van der Waals surface area contributed by atoms with Gasteiger partial charge in [-0.1, -0.05) is 78.3 Å². The third-order valence-corrected chi connectivity index (χ3v) is 14.7. The molecule has 0 spiro atoms. The van der Waals surface area contributed by atoms with Crippen LogP contribution in [0.5, 0.6) is 5.75 Å². The average molecular weight is 629 g/mol. The van der Waals surface area contributed by atoms with Gasteiger partial charge in [0.25, 0.3) is 0 Å². The summed E-state index contributed by atoms with van der Waals surface area (Å²) in [6, 6.07) is 8.01. The molecular weight excluding hydrogens is 579 g/mol. The van der Waals surface area contributed by atoms with E-state index < -0.39 is 8.32 Å². The fourth-order valence-electron chi connectivity index (χ4n) is 6.14. The van der Waals surface area contributed by atoms with Gasteiger partial charge in [0.15, 0.2) is 0 Å². The molecule has 0 amide bonds. The molecule has 6 heteroatoms. The minimum Gasteiger partial charge on any atom is -0.497 e. The van der Waals surface area contributed by atoms with Crippen LogP contribution in [-0.4, -0.2) is 39.9 Å². The molecule has 2 rings (SSSR count). The number of ether oxygens (including phenoxy) is 2. The number of methoxy groups -OCH3 is 1. The van der Waals surface area contributed by atoms with Gasteiger partial charge in [0.1, 0.15) is 5.75 Å². The van der Waals surface area contributed by atoms with E-state index in [9.17, 15) is 5.11 Å². The van der Waals surface area contributed by atoms with E-state index in [1.165, 1.54) is 10.0 Å². The third-order valence-electron chi connectivity index (χ3n) is 7.93. The Morgan fingerprint density at radius 1 is 1.06 bits per heavy atom. The highest BCUT2D eigenvalue weighted by molar-refractivity contribution is 14.1. The highest BCUT2D eigenvalue weighted by Gasteiger charge is 2.45. The molecule has 4 nitrogen and oxygen atoms in total. The van der Waals surface area contributed by atoms with Gasteiger partial charge < -0.3 is 19.0 Å². The van der Waals surface area contributed by atoms with Crippen LogP contribution in [0.25, 0.3) is 0 Å². The van der Waals surface area contributed by atoms with Crippen molar-refractivity contribution in [3.05, 3.63) is 51.6 Å². The molecule has 1 saturated carbocycles. The maximum atomic E-state index is 10.9. The van der Waals surface area contributed by atoms with Gasteiger partial charge >= 0.3 is 0 Å². The summed E-state index contributed by atoms with van der Waals surface area (Å²) in [5.74, 6) is 1.60. The summed E-state index contributed by atoms with van der Waals surface area (Å²) in [6.45, 7) is 15.9. The van der Waals surface area contributed by atoms with E-state index in [4.69, 9.17) is 13.9 Å². The predicted octanol–water partition coefficient (Wildman–Crippen LogP) is 8.45. The smallest absolute Gasteiger partial charge is 0.200 e. The quantitative estimate of drug-likeness (QED) is 0.120. The number of benzene rings is 1. The van der Waals surface area contributed by atoms with Crippen molar-refractivity contribution in [1.82, 2.24) is 0 Å². The van der Waals surface area contributed by atoms with Crippen molar-refractivity contribution in [2.45, 2.75) is 96.6 Å². The SMILES string of the molecule is COc1ccc(COC[C@@H]2CCC[C@H]2[C@@H](O)C/C=C/C=C(\I)CO[Si](C(C)C)(C(C)C)C(C)C)cc1. The molecule has 0 radical (unpaired) electrons. The summed E-state index contributed by atoms with van der Waals surface area (Å²) in [7, 11) is -0.168. The zero-order valence-electron chi connectivity index (χ0n) is 23.5. The van der Waals surface area contributed by atoms with Crippen LogP contribution in [-0.2, 0) is 15.8 Å². The van der Waals surface area contributed by atoms with E-state index in [-0.39, 0.29) is 6.10 Å². The first-order valence-electron chi connectivity index (χ1n) is 13.7. The second kappa shape index (κ2) is 15.7. The topological polar surface area (TPSA) is 47.9 Å². The monoisotopic (exact) mass is 628 g/mol. The molecule has 0 heterocycles. The van der Waals surface area contributed by atoms with Crippen molar-refractivity contribution in [2.24, 2.45) is 11.8 Å². The Labute approximate surface area is 235 Å². The van der Waals surface area contributed by atoms with Crippen LogP contribution in [0.15, 0.2) is 46.1 Å². The molecule has 1 N–H and O–H groups in total. The second-order valence-corrected chi connectivity index (χ2v) is 18.0. The van der Waals surface area contributed by atoms with E-state index in [0.717, 1.165) is 24.2 Å². The van der Waals surface area contributed by atoms with Gasteiger partial charge in [0.05, 0.1) is 33.0 Å². The molecule has 0 bridgehead atoms. The van der Waals surface area contributed by atoms with Crippen LogP contribution in [0.1, 0.15) is 72.8 Å². The summed E-state index contributed by atoms with van der Waals surface area (Å²) < 4.78 is 19.1. The van der Waals surface area contributed by atoms with Crippen LogP contribution in [0, 0.1) is 11.8 Å². The van der Waals surface area contributed by atoms with E-state index in [0.29, 0.717) is 54.7 Å². The Morgan fingerprint density at radius 2 is 1.69 bits per heavy atom. The zero-order chi connectivity index (χ0) is 26.7. The fraction of sp³-hybridized carbons (Fsp3) is 0.667. The molecule has 0 aromatic heterocycles. The number of hydrogen-bond donors (Lipinski definition) is 1. The summed E-state index contributed by atoms with van der Waals surface area (Å²) in [4.78, 5) is 0. The molecule has 36 heavy (non-hydrogen) atoms. The molecule has 1 aliphatic carbocycles. The van der Waals surface area contributed by atoms with Gasteiger partial charge in [-0.05, 0) is 88.0 Å². The largest absolute Gasteiger partial charge is 0.497 e. The summed E-state index contributed by atoms with van der Waals surface area (Å²) >= 11 is 2.40. The van der Waals surface area contributed by atoms with Crippen molar-refractivity contribution in [3.8, 4) is 5.75 Å². The van der Waals surface area contributed by atoms with Gasteiger partial charge in [0.2, 0.25) is 8.32 Å². The summed E-state index contributed by atoms with van der Waals surface area (Å²) in [5, 5.41) is 10.9. The minimum absolute atomic E-state index is 0.312. The van der Waals surface area contributed by atoms with Crippen LogP contribution >= 0.6 is 22.6 Å². The average Bonchev–Trinajstić information content (AvgIpc) is 3.30. The van der Waals surface area contributed by atoms with E-state index in [2.05, 4.69) is 82.4 Å². The molecule has 0 unspecified atom stereocenters. The molecule has 0 saturated heterocycles. The highest BCUT2D eigenvalue weighted by Crippen LogP contribution is 2.42. The van der Waals surface area contributed by atoms with E-state index in [1.54, 1.807) is 7.11 Å². The number of allylic oxidation sites excluding steroid dienone is 2. The maximum Gasteiger partial charge on any atom is 0.200 e. The van der Waals surface area contributed by atoms with Crippen LogP contribution in [0.4, 0.5) is 0 Å². The summed E-state index contributed by atoms with van der Waals surface area (Å²) in [6.07, 6.45) is 10.1. The standard InChI is InChI=1S/C30H49IO4Si/c1-22(2)36(23(3)4,24(5)6)35-21-27(31)12-8-9-14-30(32)29-13-10-11-26(29)20-34-19-25-15-17-28(33-7)18-16-25/h8-9,12,15-18,22-24,26,29-30,32H,10-11,13-14,19-21H2,1-7H3/b9-8+,27-12-/t26-,29+,30-/m0/s1. The minimum atomic E-state index is -1.85. The van der Waals surface area contributed by atoms with Gasteiger partial charge in [-0.15, -0.1) is 0 Å². The normalized spacial score (nSPS) is 20.3. The molecule has 1 aromatic carbocycles. The van der Waals surface area contributed by atoms with Crippen molar-refractivity contribution in [3.63, 3.8) is 0 Å². The second-order valence-electron chi connectivity index (χ2n) is 11.2. The van der Waals surface area contributed by atoms with Crippen molar-refractivity contribution >= 4 is 30.9 Å². The van der Waals surface area contributed by atoms with E-state index >= 15 is 0 Å². The Morgan fingerprint density at radius 3 is 2.28 bits per heavy atom. The van der Waals surface area contributed by atoms with Gasteiger partial charge in [-0.3, -0.25) is 0 Å². The lowest BCUT2D eigenvalue weighted by molar-refractivity contribution is 0.0301. The van der Waals surface area contributed by atoms with Gasteiger partial charge in [0, 0.05) is 3.58 Å². The summed E-state index contributed by atoms with van der Waals surface area (Å²) in [5.41, 5.74) is 2.92. The maximum absolute atomic E-state index is 10.9. The number of hydrogen-bond acceptors (Lipinski definition) is 4. The fourth-order valence-corrected chi connectivity index (χ4v) is 12.2. The van der Waals surface area contributed by atoms with Crippen LogP contribution in [0.3, 0.4) is 0 Å². The first-order chi connectivity index (χ1) is 17.1. The first kappa shape index (κ1) is 31.5. The first-order valence-corrected chi connectivity index (χ1v) is 16.9. The van der Waals surface area contributed by atoms with Crippen molar-refractivity contribution in [1.29, 1.82) is 0 Å². The molecule has 0 aliphatic heterocycles. The number of rotatable bonds is 15.